The Morgan fingerprint density at radius 3 is 2.93 bits per heavy atom. The molecule has 2 aromatic carbocycles. The first-order chi connectivity index (χ1) is 14.5. The molecule has 2 bridgehead atoms. The third-order valence-electron chi connectivity index (χ3n) is 6.41. The van der Waals surface area contributed by atoms with Crippen LogP contribution >= 0.6 is 11.6 Å². The van der Waals surface area contributed by atoms with Crippen LogP contribution in [0.25, 0.3) is 16.6 Å². The Hall–Kier alpha value is -3.19. The number of amides is 1. The molecule has 0 spiro atoms. The van der Waals surface area contributed by atoms with E-state index in [-0.39, 0.29) is 23.3 Å². The van der Waals surface area contributed by atoms with Crippen molar-refractivity contribution in [2.24, 2.45) is 0 Å². The number of nitrogen functional groups attached to an aromatic ring is 1. The van der Waals surface area contributed by atoms with Gasteiger partial charge in [0, 0.05) is 17.6 Å². The Kier molecular flexibility index (Phi) is 3.62. The topological polar surface area (TPSA) is 76.5 Å². The lowest BCUT2D eigenvalue weighted by Gasteiger charge is -2.34. The molecule has 150 valence electrons. The van der Waals surface area contributed by atoms with Crippen molar-refractivity contribution in [1.82, 2.24) is 19.3 Å². The van der Waals surface area contributed by atoms with Gasteiger partial charge in [0.05, 0.1) is 35.2 Å². The molecule has 0 unspecified atom stereocenters. The van der Waals surface area contributed by atoms with Crippen molar-refractivity contribution in [1.29, 1.82) is 0 Å². The second-order valence-electron chi connectivity index (χ2n) is 7.98. The van der Waals surface area contributed by atoms with Crippen LogP contribution in [0.1, 0.15) is 46.3 Å². The largest absolute Gasteiger partial charge is 0.382 e. The van der Waals surface area contributed by atoms with E-state index in [9.17, 15) is 4.79 Å². The van der Waals surface area contributed by atoms with Crippen LogP contribution in [0.4, 0.5) is 10.2 Å². The number of imidazole rings is 1. The van der Waals surface area contributed by atoms with Crippen LogP contribution in [0, 0.1) is 5.82 Å². The summed E-state index contributed by atoms with van der Waals surface area (Å²) in [5, 5.41) is 0.705. The first-order valence-corrected chi connectivity index (χ1v) is 10.2. The SMILES string of the molecule is Nc1nc2cc(F)c(C(=O)N3CC[C@H]4C[C@@H]3c3ccc(Cl)cc34)cc2n2cncc12. The molecule has 1 aliphatic heterocycles. The number of halogens is 2. The molecule has 1 saturated heterocycles. The van der Waals surface area contributed by atoms with E-state index in [1.54, 1.807) is 27.9 Å². The number of anilines is 1. The van der Waals surface area contributed by atoms with E-state index >= 15 is 4.39 Å². The van der Waals surface area contributed by atoms with Crippen LogP contribution in [0.15, 0.2) is 42.9 Å². The van der Waals surface area contributed by atoms with Gasteiger partial charge in [-0.2, -0.15) is 0 Å². The van der Waals surface area contributed by atoms with E-state index in [0.717, 1.165) is 18.4 Å². The predicted octanol–water partition coefficient (Wildman–Crippen LogP) is 4.33. The molecule has 30 heavy (non-hydrogen) atoms. The molecule has 4 aromatic rings. The minimum atomic E-state index is -0.602. The summed E-state index contributed by atoms with van der Waals surface area (Å²) in [5.74, 6) is -0.255. The highest BCUT2D eigenvalue weighted by molar-refractivity contribution is 6.30. The predicted molar refractivity (Wildman–Crippen MR) is 112 cm³/mol. The summed E-state index contributed by atoms with van der Waals surface area (Å²) in [7, 11) is 0. The van der Waals surface area contributed by atoms with Crippen molar-refractivity contribution in [3.05, 3.63) is 70.4 Å². The molecular weight excluding hydrogens is 405 g/mol. The maximum Gasteiger partial charge on any atom is 0.257 e. The Bertz CT molecular complexity index is 1370. The molecule has 3 heterocycles. The van der Waals surface area contributed by atoms with Crippen molar-refractivity contribution in [3.8, 4) is 0 Å². The maximum absolute atomic E-state index is 15.0. The van der Waals surface area contributed by atoms with Gasteiger partial charge in [-0.05, 0) is 48.1 Å². The number of benzene rings is 2. The van der Waals surface area contributed by atoms with Gasteiger partial charge in [0.1, 0.15) is 17.2 Å². The van der Waals surface area contributed by atoms with Crippen LogP contribution in [-0.2, 0) is 0 Å². The lowest BCUT2D eigenvalue weighted by Crippen LogP contribution is -2.38. The summed E-state index contributed by atoms with van der Waals surface area (Å²) < 4.78 is 16.7. The van der Waals surface area contributed by atoms with Crippen LogP contribution in [0.5, 0.6) is 0 Å². The number of piperidine rings is 1. The zero-order valence-corrected chi connectivity index (χ0v) is 16.6. The smallest absolute Gasteiger partial charge is 0.257 e. The second kappa shape index (κ2) is 6.15. The van der Waals surface area contributed by atoms with Gasteiger partial charge in [-0.25, -0.2) is 14.4 Å². The van der Waals surface area contributed by atoms with Crippen LogP contribution < -0.4 is 5.73 Å². The molecule has 1 fully saturated rings. The maximum atomic E-state index is 15.0. The third-order valence-corrected chi connectivity index (χ3v) is 6.64. The van der Waals surface area contributed by atoms with Gasteiger partial charge in [0.2, 0.25) is 0 Å². The van der Waals surface area contributed by atoms with Gasteiger partial charge in [-0.3, -0.25) is 9.20 Å². The third kappa shape index (κ3) is 2.38. The summed E-state index contributed by atoms with van der Waals surface area (Å²) in [6.07, 6.45) is 4.87. The molecule has 2 N–H and O–H groups in total. The molecule has 6 rings (SSSR count). The van der Waals surface area contributed by atoms with Gasteiger partial charge in [-0.1, -0.05) is 17.7 Å². The fourth-order valence-corrected chi connectivity index (χ4v) is 5.18. The van der Waals surface area contributed by atoms with E-state index in [4.69, 9.17) is 17.3 Å². The molecule has 2 atom stereocenters. The first kappa shape index (κ1) is 17.7. The van der Waals surface area contributed by atoms with Crippen LogP contribution in [0.3, 0.4) is 0 Å². The Morgan fingerprint density at radius 2 is 2.07 bits per heavy atom. The van der Waals surface area contributed by atoms with Crippen molar-refractivity contribution in [3.63, 3.8) is 0 Å². The minimum Gasteiger partial charge on any atom is -0.382 e. The molecule has 1 amide bonds. The Balaban J connectivity index is 1.46. The molecule has 8 heteroatoms. The van der Waals surface area contributed by atoms with E-state index in [0.29, 0.717) is 34.0 Å². The van der Waals surface area contributed by atoms with E-state index in [1.165, 1.54) is 11.6 Å². The average Bonchev–Trinajstić information content (AvgIpc) is 3.32. The number of hydrogen-bond donors (Lipinski definition) is 1. The molecule has 0 saturated carbocycles. The Morgan fingerprint density at radius 1 is 1.20 bits per heavy atom. The van der Waals surface area contributed by atoms with Gasteiger partial charge in [-0.15, -0.1) is 0 Å². The summed E-state index contributed by atoms with van der Waals surface area (Å²) >= 11 is 6.18. The quantitative estimate of drug-likeness (QED) is 0.496. The summed E-state index contributed by atoms with van der Waals surface area (Å²) in [6, 6.07) is 8.61. The number of hydrogen-bond acceptors (Lipinski definition) is 4. The fraction of sp³-hybridized carbons (Fsp3) is 0.227. The van der Waals surface area contributed by atoms with Gasteiger partial charge in [0.15, 0.2) is 0 Å². The average molecular weight is 422 g/mol. The molecule has 6 nitrogen and oxygen atoms in total. The number of likely N-dealkylation sites (tertiary alicyclic amines) is 1. The van der Waals surface area contributed by atoms with E-state index < -0.39 is 5.82 Å². The monoisotopic (exact) mass is 421 g/mol. The highest BCUT2D eigenvalue weighted by Crippen LogP contribution is 2.49. The normalized spacial score (nSPS) is 20.1. The first-order valence-electron chi connectivity index (χ1n) is 9.82. The summed E-state index contributed by atoms with van der Waals surface area (Å²) in [5.41, 5.74) is 9.90. The van der Waals surface area contributed by atoms with Crippen molar-refractivity contribution < 1.29 is 9.18 Å². The fourth-order valence-electron chi connectivity index (χ4n) is 5.00. The lowest BCUT2D eigenvalue weighted by atomic mass is 9.95. The van der Waals surface area contributed by atoms with E-state index in [2.05, 4.69) is 9.97 Å². The van der Waals surface area contributed by atoms with Gasteiger partial charge < -0.3 is 10.6 Å². The number of carbonyl (C=O) groups excluding carboxylic acids is 1. The van der Waals surface area contributed by atoms with Crippen molar-refractivity contribution in [2.45, 2.75) is 24.8 Å². The highest BCUT2D eigenvalue weighted by atomic mass is 35.5. The molecular formula is C22H17ClFN5O. The lowest BCUT2D eigenvalue weighted by molar-refractivity contribution is 0.0616. The highest BCUT2D eigenvalue weighted by Gasteiger charge is 2.41. The minimum absolute atomic E-state index is 0.0323. The zero-order chi connectivity index (χ0) is 20.6. The van der Waals surface area contributed by atoms with Crippen molar-refractivity contribution >= 4 is 39.9 Å². The number of aromatic nitrogens is 3. The van der Waals surface area contributed by atoms with Crippen LogP contribution in [-0.4, -0.2) is 31.7 Å². The molecule has 0 radical (unpaired) electrons. The molecule has 2 aromatic heterocycles. The number of carbonyl (C=O) groups is 1. The molecule has 2 aliphatic rings. The second-order valence-corrected chi connectivity index (χ2v) is 8.41. The van der Waals surface area contributed by atoms with Gasteiger partial charge >= 0.3 is 0 Å². The number of rotatable bonds is 1. The standard InChI is InChI=1S/C22H17ClFN5O/c23-12-1-2-13-14(6-12)11-3-4-28(18(13)5-11)22(30)15-7-19-17(8-16(15)24)27-21(25)20-9-26-10-29(19)20/h1-2,6-11,18H,3-5H2,(H2,25,27)/t11-,18+/m0/s1. The Labute approximate surface area is 176 Å². The number of nitrogens with zero attached hydrogens (tertiary/aromatic N) is 4. The summed E-state index contributed by atoms with van der Waals surface area (Å²) in [4.78, 5) is 23.6. The van der Waals surface area contributed by atoms with Crippen LogP contribution in [0.2, 0.25) is 5.02 Å². The summed E-state index contributed by atoms with van der Waals surface area (Å²) in [6.45, 7) is 0.582. The number of fused-ring (bicyclic) bond motifs is 8. The zero-order valence-electron chi connectivity index (χ0n) is 15.8. The molecule has 1 aliphatic carbocycles. The van der Waals surface area contributed by atoms with Crippen molar-refractivity contribution in [2.75, 3.05) is 12.3 Å². The van der Waals surface area contributed by atoms with E-state index in [1.807, 2.05) is 18.2 Å². The van der Waals surface area contributed by atoms with Gasteiger partial charge in [0.25, 0.3) is 5.91 Å². The number of nitrogens with two attached hydrogens (primary N) is 1.